The molecule has 25 heavy (non-hydrogen) atoms. The molecule has 0 saturated carbocycles. The van der Waals surface area contributed by atoms with Gasteiger partial charge >= 0.3 is 0 Å². The Balaban J connectivity index is 0.00000312. The number of rotatable bonds is 7. The summed E-state index contributed by atoms with van der Waals surface area (Å²) < 4.78 is 5.55. The van der Waals surface area contributed by atoms with Crippen molar-refractivity contribution >= 4 is 52.9 Å². The van der Waals surface area contributed by atoms with Crippen molar-refractivity contribution in [3.05, 3.63) is 50.9 Å². The van der Waals surface area contributed by atoms with Crippen molar-refractivity contribution in [1.82, 2.24) is 15.6 Å². The van der Waals surface area contributed by atoms with Crippen LogP contribution in [0, 0.1) is 0 Å². The van der Waals surface area contributed by atoms with Crippen LogP contribution in [0.4, 0.5) is 0 Å². The normalized spacial score (nSPS) is 12.4. The van der Waals surface area contributed by atoms with Gasteiger partial charge in [-0.05, 0) is 24.1 Å². The first-order chi connectivity index (χ1) is 11.7. The van der Waals surface area contributed by atoms with E-state index >= 15 is 0 Å². The lowest BCUT2D eigenvalue weighted by molar-refractivity contribution is 0.106. The van der Waals surface area contributed by atoms with Crippen molar-refractivity contribution < 1.29 is 4.74 Å². The molecule has 8 heteroatoms. The van der Waals surface area contributed by atoms with Gasteiger partial charge < -0.3 is 15.4 Å². The number of hydrogen-bond acceptors (Lipinski definition) is 4. The number of ether oxygens (including phenoxy) is 1. The fraction of sp³-hybridized carbons (Fsp3) is 0.412. The summed E-state index contributed by atoms with van der Waals surface area (Å²) in [5.74, 6) is 0.715. The Kier molecular flexibility index (Phi) is 10.3. The molecule has 0 amide bonds. The molecule has 1 aromatic carbocycles. The molecule has 0 aliphatic carbocycles. The van der Waals surface area contributed by atoms with Gasteiger partial charge in [0.2, 0.25) is 0 Å². The summed E-state index contributed by atoms with van der Waals surface area (Å²) >= 11 is 7.77. The van der Waals surface area contributed by atoms with E-state index in [0.717, 1.165) is 17.0 Å². The number of nitrogens with one attached hydrogen (secondary N) is 2. The van der Waals surface area contributed by atoms with E-state index in [-0.39, 0.29) is 30.1 Å². The molecule has 2 rings (SSSR count). The Bertz CT molecular complexity index is 680. The second kappa shape index (κ2) is 11.7. The molecule has 0 aliphatic rings. The van der Waals surface area contributed by atoms with E-state index in [0.29, 0.717) is 24.1 Å². The molecule has 138 valence electrons. The summed E-state index contributed by atoms with van der Waals surface area (Å²) in [6.07, 6.45) is 2.84. The predicted octanol–water partition coefficient (Wildman–Crippen LogP) is 4.03. The van der Waals surface area contributed by atoms with Crippen LogP contribution in [0.15, 0.2) is 35.5 Å². The summed E-state index contributed by atoms with van der Waals surface area (Å²) in [5.41, 5.74) is 1.03. The molecule has 1 unspecified atom stereocenters. The number of aromatic nitrogens is 1. The van der Waals surface area contributed by atoms with Crippen molar-refractivity contribution in [1.29, 1.82) is 0 Å². The van der Waals surface area contributed by atoms with Crippen molar-refractivity contribution in [2.45, 2.75) is 26.0 Å². The van der Waals surface area contributed by atoms with Gasteiger partial charge in [0, 0.05) is 36.8 Å². The lowest BCUT2D eigenvalue weighted by Gasteiger charge is -2.18. The molecule has 0 bridgehead atoms. The molecule has 1 atom stereocenters. The minimum Gasteiger partial charge on any atom is -0.375 e. The van der Waals surface area contributed by atoms with Crippen LogP contribution in [0.25, 0.3) is 0 Å². The van der Waals surface area contributed by atoms with Gasteiger partial charge in [-0.2, -0.15) is 0 Å². The first-order valence-corrected chi connectivity index (χ1v) is 9.02. The zero-order valence-electron chi connectivity index (χ0n) is 14.6. The summed E-state index contributed by atoms with van der Waals surface area (Å²) in [4.78, 5) is 9.92. The molecule has 0 fully saturated rings. The van der Waals surface area contributed by atoms with Crippen LogP contribution in [0.3, 0.4) is 0 Å². The van der Waals surface area contributed by atoms with Gasteiger partial charge in [-0.1, -0.05) is 30.7 Å². The van der Waals surface area contributed by atoms with Crippen molar-refractivity contribution in [2.75, 3.05) is 20.7 Å². The Labute approximate surface area is 175 Å². The largest absolute Gasteiger partial charge is 0.375 e. The number of aliphatic imine (C=N–C) groups is 1. The van der Waals surface area contributed by atoms with Crippen molar-refractivity contribution in [3.8, 4) is 0 Å². The van der Waals surface area contributed by atoms with E-state index in [2.05, 4.69) is 27.5 Å². The zero-order chi connectivity index (χ0) is 17.4. The number of guanidine groups is 1. The maximum Gasteiger partial charge on any atom is 0.191 e. The standard InChI is InChI=1S/C17H23ClN4OS.HI/c1-4-14-9-20-16(24-14)11-22-17(19-2)21-10-15(23-3)12-6-5-7-13(18)8-12;/h5-9,15H,4,10-11H2,1-3H3,(H2,19,21,22);1H. The number of methoxy groups -OCH3 is 1. The Morgan fingerprint density at radius 1 is 1.40 bits per heavy atom. The SMILES string of the molecule is CCc1cnc(CNC(=NC)NCC(OC)c2cccc(Cl)c2)s1.I. The van der Waals surface area contributed by atoms with Crippen LogP contribution in [0.2, 0.25) is 5.02 Å². The molecule has 5 nitrogen and oxygen atoms in total. The minimum absolute atomic E-state index is 0. The Morgan fingerprint density at radius 3 is 2.80 bits per heavy atom. The number of nitrogens with zero attached hydrogens (tertiary/aromatic N) is 2. The van der Waals surface area contributed by atoms with Gasteiger partial charge in [0.1, 0.15) is 5.01 Å². The van der Waals surface area contributed by atoms with Crippen LogP contribution in [0.5, 0.6) is 0 Å². The predicted molar refractivity (Wildman–Crippen MR) is 116 cm³/mol. The molecule has 1 heterocycles. The molecule has 0 radical (unpaired) electrons. The van der Waals surface area contributed by atoms with E-state index in [9.17, 15) is 0 Å². The van der Waals surface area contributed by atoms with Gasteiger partial charge in [-0.15, -0.1) is 35.3 Å². The summed E-state index contributed by atoms with van der Waals surface area (Å²) in [6.45, 7) is 3.37. The summed E-state index contributed by atoms with van der Waals surface area (Å²) in [7, 11) is 3.43. The van der Waals surface area contributed by atoms with Gasteiger partial charge in [-0.25, -0.2) is 4.98 Å². The van der Waals surface area contributed by atoms with E-state index < -0.39 is 0 Å². The Morgan fingerprint density at radius 2 is 2.20 bits per heavy atom. The molecule has 0 saturated heterocycles. The van der Waals surface area contributed by atoms with Crippen LogP contribution in [0.1, 0.15) is 28.5 Å². The van der Waals surface area contributed by atoms with Crippen LogP contribution >= 0.6 is 46.9 Å². The van der Waals surface area contributed by atoms with E-state index in [1.54, 1.807) is 25.5 Å². The third-order valence-corrected chi connectivity index (χ3v) is 4.92. The molecule has 1 aromatic heterocycles. The van der Waals surface area contributed by atoms with Crippen LogP contribution < -0.4 is 10.6 Å². The first kappa shape index (κ1) is 22.1. The monoisotopic (exact) mass is 494 g/mol. The highest BCUT2D eigenvalue weighted by Gasteiger charge is 2.12. The third kappa shape index (κ3) is 7.08. The van der Waals surface area contributed by atoms with Crippen LogP contribution in [-0.4, -0.2) is 31.6 Å². The van der Waals surface area contributed by atoms with Crippen LogP contribution in [-0.2, 0) is 17.7 Å². The highest BCUT2D eigenvalue weighted by molar-refractivity contribution is 14.0. The average Bonchev–Trinajstić information content (AvgIpc) is 3.06. The lowest BCUT2D eigenvalue weighted by atomic mass is 10.1. The second-order valence-electron chi connectivity index (χ2n) is 5.16. The minimum atomic E-state index is -0.103. The molecule has 0 aliphatic heterocycles. The highest BCUT2D eigenvalue weighted by atomic mass is 127. The second-order valence-corrected chi connectivity index (χ2v) is 6.80. The quantitative estimate of drug-likeness (QED) is 0.347. The fourth-order valence-corrected chi connectivity index (χ4v) is 3.21. The maximum atomic E-state index is 6.05. The first-order valence-electron chi connectivity index (χ1n) is 7.82. The number of thiazole rings is 1. The number of halogens is 2. The summed E-state index contributed by atoms with van der Waals surface area (Å²) in [6, 6.07) is 7.68. The molecule has 0 spiro atoms. The Hall–Kier alpha value is -0.900. The molecular formula is C17H24ClIN4OS. The smallest absolute Gasteiger partial charge is 0.191 e. The number of benzene rings is 1. The highest BCUT2D eigenvalue weighted by Crippen LogP contribution is 2.19. The maximum absolute atomic E-state index is 6.05. The zero-order valence-corrected chi connectivity index (χ0v) is 18.5. The van der Waals surface area contributed by atoms with Gasteiger partial charge in [0.05, 0.1) is 12.6 Å². The van der Waals surface area contributed by atoms with Gasteiger partial charge in [0.15, 0.2) is 5.96 Å². The average molecular weight is 495 g/mol. The van der Waals surface area contributed by atoms with Crippen molar-refractivity contribution in [3.63, 3.8) is 0 Å². The number of hydrogen-bond donors (Lipinski definition) is 2. The van der Waals surface area contributed by atoms with E-state index in [1.807, 2.05) is 30.5 Å². The van der Waals surface area contributed by atoms with E-state index in [1.165, 1.54) is 4.88 Å². The van der Waals surface area contributed by atoms with Gasteiger partial charge in [-0.3, -0.25) is 4.99 Å². The molecular weight excluding hydrogens is 471 g/mol. The fourth-order valence-electron chi connectivity index (χ4n) is 2.21. The van der Waals surface area contributed by atoms with E-state index in [4.69, 9.17) is 16.3 Å². The van der Waals surface area contributed by atoms with Gasteiger partial charge in [0.25, 0.3) is 0 Å². The lowest BCUT2D eigenvalue weighted by Crippen LogP contribution is -2.39. The molecule has 2 N–H and O–H groups in total. The summed E-state index contributed by atoms with van der Waals surface area (Å²) in [5, 5.41) is 8.30. The third-order valence-electron chi connectivity index (χ3n) is 3.54. The van der Waals surface area contributed by atoms with Crippen molar-refractivity contribution in [2.24, 2.45) is 4.99 Å². The molecule has 2 aromatic rings. The topological polar surface area (TPSA) is 58.5 Å². The number of aryl methyl sites for hydroxylation is 1.